The highest BCUT2D eigenvalue weighted by molar-refractivity contribution is 5.30. The lowest BCUT2D eigenvalue weighted by atomic mass is 10.2. The van der Waals surface area contributed by atoms with E-state index < -0.39 is 6.29 Å². The van der Waals surface area contributed by atoms with Crippen molar-refractivity contribution in [3.8, 4) is 5.75 Å². The maximum Gasteiger partial charge on any atom is 0.227 e. The second-order valence-electron chi connectivity index (χ2n) is 4.24. The van der Waals surface area contributed by atoms with Gasteiger partial charge in [-0.3, -0.25) is 4.79 Å². The number of nitrogens with zero attached hydrogens (tertiary/aromatic N) is 1. The minimum absolute atomic E-state index is 0.104. The molecule has 4 nitrogen and oxygen atoms in total. The number of hydrogen-bond acceptors (Lipinski definition) is 3. The van der Waals surface area contributed by atoms with Crippen molar-refractivity contribution in [1.82, 2.24) is 4.57 Å². The fourth-order valence-corrected chi connectivity index (χ4v) is 2.01. The zero-order valence-electron chi connectivity index (χ0n) is 10.00. The van der Waals surface area contributed by atoms with Crippen LogP contribution in [0.1, 0.15) is 17.5 Å². The fourth-order valence-electron chi connectivity index (χ4n) is 2.01. The lowest BCUT2D eigenvalue weighted by Gasteiger charge is -2.27. The highest BCUT2D eigenvalue weighted by Crippen LogP contribution is 2.29. The SMILES string of the molecule is Cn1ccc(=O)c2c1COC(c1ccccc1)O2. The molecule has 0 radical (unpaired) electrons. The average Bonchev–Trinajstić information content (AvgIpc) is 2.44. The van der Waals surface area contributed by atoms with E-state index in [2.05, 4.69) is 0 Å². The molecular formula is C14H13NO3. The van der Waals surface area contributed by atoms with Gasteiger partial charge in [-0.2, -0.15) is 0 Å². The van der Waals surface area contributed by atoms with Crippen molar-refractivity contribution < 1.29 is 9.47 Å². The Morgan fingerprint density at radius 1 is 1.22 bits per heavy atom. The third-order valence-corrected chi connectivity index (χ3v) is 3.03. The first-order valence-corrected chi connectivity index (χ1v) is 5.77. The van der Waals surface area contributed by atoms with Crippen molar-refractivity contribution in [2.45, 2.75) is 12.9 Å². The fraction of sp³-hybridized carbons (Fsp3) is 0.214. The van der Waals surface area contributed by atoms with Gasteiger partial charge in [0, 0.05) is 24.9 Å². The highest BCUT2D eigenvalue weighted by Gasteiger charge is 2.24. The normalized spacial score (nSPS) is 17.9. The first-order chi connectivity index (χ1) is 8.75. The molecule has 2 aromatic rings. The molecule has 1 aliphatic heterocycles. The van der Waals surface area contributed by atoms with Gasteiger partial charge < -0.3 is 14.0 Å². The quantitative estimate of drug-likeness (QED) is 0.769. The number of aromatic nitrogens is 1. The Kier molecular flexibility index (Phi) is 2.64. The van der Waals surface area contributed by atoms with Gasteiger partial charge in [-0.25, -0.2) is 0 Å². The molecule has 0 N–H and O–H groups in total. The van der Waals surface area contributed by atoms with Crippen LogP contribution in [0.4, 0.5) is 0 Å². The van der Waals surface area contributed by atoms with Crippen LogP contribution in [0.5, 0.6) is 5.75 Å². The van der Waals surface area contributed by atoms with E-state index in [-0.39, 0.29) is 5.43 Å². The number of pyridine rings is 1. The van der Waals surface area contributed by atoms with Crippen molar-refractivity contribution in [2.24, 2.45) is 7.05 Å². The van der Waals surface area contributed by atoms with Crippen LogP contribution in [0.15, 0.2) is 47.4 Å². The van der Waals surface area contributed by atoms with Crippen molar-refractivity contribution in [2.75, 3.05) is 0 Å². The predicted octanol–water partition coefficient (Wildman–Crippen LogP) is 1.99. The topological polar surface area (TPSA) is 40.5 Å². The van der Waals surface area contributed by atoms with E-state index in [1.165, 1.54) is 6.07 Å². The average molecular weight is 243 g/mol. The molecule has 1 aromatic heterocycles. The van der Waals surface area contributed by atoms with Crippen molar-refractivity contribution in [1.29, 1.82) is 0 Å². The number of ether oxygens (including phenoxy) is 2. The highest BCUT2D eigenvalue weighted by atomic mass is 16.7. The first-order valence-electron chi connectivity index (χ1n) is 5.77. The van der Waals surface area contributed by atoms with Gasteiger partial charge in [0.1, 0.15) is 0 Å². The smallest absolute Gasteiger partial charge is 0.227 e. The molecule has 1 aliphatic rings. The zero-order chi connectivity index (χ0) is 12.5. The molecule has 0 amide bonds. The number of hydrogen-bond donors (Lipinski definition) is 0. The summed E-state index contributed by atoms with van der Waals surface area (Å²) in [6.45, 7) is 0.376. The third kappa shape index (κ3) is 1.80. The van der Waals surface area contributed by atoms with Gasteiger partial charge in [-0.1, -0.05) is 30.3 Å². The maximum absolute atomic E-state index is 11.8. The predicted molar refractivity (Wildman–Crippen MR) is 66.3 cm³/mol. The summed E-state index contributed by atoms with van der Waals surface area (Å²) >= 11 is 0. The van der Waals surface area contributed by atoms with Gasteiger partial charge in [-0.05, 0) is 0 Å². The molecule has 0 fully saturated rings. The summed E-state index contributed by atoms with van der Waals surface area (Å²) in [5.41, 5.74) is 1.58. The molecule has 1 atom stereocenters. The molecule has 0 spiro atoms. The summed E-state index contributed by atoms with van der Waals surface area (Å²) < 4.78 is 13.2. The van der Waals surface area contributed by atoms with E-state index >= 15 is 0 Å². The summed E-state index contributed by atoms with van der Waals surface area (Å²) in [6, 6.07) is 11.1. The Bertz CT molecular complexity index is 619. The number of fused-ring (bicyclic) bond motifs is 1. The van der Waals surface area contributed by atoms with Crippen LogP contribution in [0, 0.1) is 0 Å². The second-order valence-corrected chi connectivity index (χ2v) is 4.24. The van der Waals surface area contributed by atoms with Crippen LogP contribution in [0.25, 0.3) is 0 Å². The van der Waals surface area contributed by atoms with Crippen molar-refractivity contribution >= 4 is 0 Å². The van der Waals surface area contributed by atoms with Gasteiger partial charge in [0.25, 0.3) is 0 Å². The standard InChI is InChI=1S/C14H13NO3/c1-15-8-7-12(16)13-11(15)9-17-14(18-13)10-5-3-2-4-6-10/h2-8,14H,9H2,1H3. The van der Waals surface area contributed by atoms with Gasteiger partial charge >= 0.3 is 0 Å². The second kappa shape index (κ2) is 4.31. The Hall–Kier alpha value is -2.07. The van der Waals surface area contributed by atoms with Gasteiger partial charge in [0.15, 0.2) is 5.75 Å². The molecule has 4 heteroatoms. The van der Waals surface area contributed by atoms with Crippen molar-refractivity contribution in [3.63, 3.8) is 0 Å². The monoisotopic (exact) mass is 243 g/mol. The molecule has 3 rings (SSSR count). The molecule has 0 saturated heterocycles. The summed E-state index contributed by atoms with van der Waals surface area (Å²) in [5, 5.41) is 0. The lowest BCUT2D eigenvalue weighted by molar-refractivity contribution is -0.115. The molecule has 0 aliphatic carbocycles. The first kappa shape index (κ1) is 11.0. The Labute approximate surface area is 104 Å². The summed E-state index contributed by atoms with van der Waals surface area (Å²) in [4.78, 5) is 11.8. The molecule has 2 heterocycles. The van der Waals surface area contributed by atoms with E-state index in [9.17, 15) is 4.79 Å². The molecule has 1 aromatic carbocycles. The molecule has 0 saturated carbocycles. The maximum atomic E-state index is 11.8. The van der Waals surface area contributed by atoms with E-state index in [4.69, 9.17) is 9.47 Å². The molecule has 0 bridgehead atoms. The largest absolute Gasteiger partial charge is 0.455 e. The number of benzene rings is 1. The molecule has 92 valence electrons. The molecule has 18 heavy (non-hydrogen) atoms. The van der Waals surface area contributed by atoms with Gasteiger partial charge in [0.2, 0.25) is 11.7 Å². The van der Waals surface area contributed by atoms with Crippen LogP contribution in [0.2, 0.25) is 0 Å². The van der Waals surface area contributed by atoms with Gasteiger partial charge in [0.05, 0.1) is 12.3 Å². The van der Waals surface area contributed by atoms with Crippen LogP contribution in [-0.2, 0) is 18.4 Å². The number of rotatable bonds is 1. The van der Waals surface area contributed by atoms with E-state index in [0.29, 0.717) is 12.4 Å². The van der Waals surface area contributed by atoms with E-state index in [0.717, 1.165) is 11.3 Å². The zero-order valence-corrected chi connectivity index (χ0v) is 10.00. The summed E-state index contributed by atoms with van der Waals surface area (Å²) in [5.74, 6) is 0.389. The van der Waals surface area contributed by atoms with Crippen LogP contribution in [-0.4, -0.2) is 4.57 Å². The molecular weight excluding hydrogens is 230 g/mol. The van der Waals surface area contributed by atoms with Crippen LogP contribution >= 0.6 is 0 Å². The third-order valence-electron chi connectivity index (χ3n) is 3.03. The van der Waals surface area contributed by atoms with Crippen LogP contribution < -0.4 is 10.2 Å². The Morgan fingerprint density at radius 3 is 2.78 bits per heavy atom. The summed E-state index contributed by atoms with van der Waals surface area (Å²) in [6.07, 6.45) is 1.21. The minimum atomic E-state index is -0.506. The van der Waals surface area contributed by atoms with Crippen LogP contribution in [0.3, 0.4) is 0 Å². The summed E-state index contributed by atoms with van der Waals surface area (Å²) in [7, 11) is 1.87. The Morgan fingerprint density at radius 2 is 2.00 bits per heavy atom. The minimum Gasteiger partial charge on any atom is -0.455 e. The number of aryl methyl sites for hydroxylation is 1. The van der Waals surface area contributed by atoms with E-state index in [1.807, 2.05) is 41.9 Å². The molecule has 1 unspecified atom stereocenters. The van der Waals surface area contributed by atoms with Crippen molar-refractivity contribution in [3.05, 3.63) is 64.1 Å². The lowest BCUT2D eigenvalue weighted by Crippen LogP contribution is -2.25. The van der Waals surface area contributed by atoms with E-state index in [1.54, 1.807) is 6.20 Å². The Balaban J connectivity index is 1.99. The van der Waals surface area contributed by atoms with Gasteiger partial charge in [-0.15, -0.1) is 0 Å².